The fourth-order valence-electron chi connectivity index (χ4n) is 4.53. The molecule has 1 aliphatic carbocycles. The molecule has 166 valence electrons. The van der Waals surface area contributed by atoms with E-state index < -0.39 is 0 Å². The van der Waals surface area contributed by atoms with E-state index in [2.05, 4.69) is 4.98 Å². The number of hydrogen-bond donors (Lipinski definition) is 0. The number of thiazole rings is 2. The predicted octanol–water partition coefficient (Wildman–Crippen LogP) is 6.83. The maximum Gasteiger partial charge on any atom is 0.197 e. The highest BCUT2D eigenvalue weighted by Crippen LogP contribution is 2.37. The van der Waals surface area contributed by atoms with Crippen LogP contribution < -0.4 is 0 Å². The Morgan fingerprint density at radius 1 is 0.829 bits per heavy atom. The van der Waals surface area contributed by atoms with Gasteiger partial charge in [-0.3, -0.25) is 14.2 Å². The first-order chi connectivity index (χ1) is 17.2. The minimum atomic E-state index is -0.246. The molecule has 7 heteroatoms. The first kappa shape index (κ1) is 20.2. The monoisotopic (exact) mass is 489 g/mol. The third-order valence-corrected chi connectivity index (χ3v) is 7.97. The Kier molecular flexibility index (Phi) is 4.42. The van der Waals surface area contributed by atoms with Crippen LogP contribution in [-0.4, -0.2) is 26.1 Å². The van der Waals surface area contributed by atoms with Gasteiger partial charge in [0, 0.05) is 28.3 Å². The average molecular weight is 490 g/mol. The second-order valence-electron chi connectivity index (χ2n) is 8.25. The van der Waals surface area contributed by atoms with E-state index in [0.717, 1.165) is 36.8 Å². The third-order valence-electron chi connectivity index (χ3n) is 6.17. The van der Waals surface area contributed by atoms with Gasteiger partial charge in [-0.2, -0.15) is 0 Å². The van der Waals surface area contributed by atoms with Crippen LogP contribution in [0.3, 0.4) is 0 Å². The second-order valence-corrected chi connectivity index (χ2v) is 10.2. The van der Waals surface area contributed by atoms with Gasteiger partial charge in [-0.25, -0.2) is 9.97 Å². The molecule has 0 fully saturated rings. The Morgan fingerprint density at radius 3 is 2.17 bits per heavy atom. The molecule has 0 aliphatic heterocycles. The molecule has 3 aromatic heterocycles. The van der Waals surface area contributed by atoms with E-state index >= 15 is 0 Å². The van der Waals surface area contributed by atoms with Crippen LogP contribution in [0.25, 0.3) is 42.9 Å². The summed E-state index contributed by atoms with van der Waals surface area (Å²) in [6.45, 7) is 0. The van der Waals surface area contributed by atoms with Crippen LogP contribution in [0.2, 0.25) is 0 Å². The molecule has 0 saturated heterocycles. The van der Waals surface area contributed by atoms with Gasteiger partial charge in [-0.05, 0) is 35.0 Å². The Hall–Kier alpha value is -4.20. The molecular weight excluding hydrogens is 474 g/mol. The highest BCUT2D eigenvalue weighted by molar-refractivity contribution is 7.21. The van der Waals surface area contributed by atoms with Crippen LogP contribution in [0.15, 0.2) is 89.9 Å². The van der Waals surface area contributed by atoms with Gasteiger partial charge in [0.25, 0.3) is 0 Å². The molecule has 0 bridgehead atoms. The van der Waals surface area contributed by atoms with Crippen molar-refractivity contribution in [2.24, 2.45) is 0 Å². The minimum Gasteiger partial charge on any atom is -0.288 e. The number of benzene rings is 3. The zero-order valence-electron chi connectivity index (χ0n) is 18.1. The van der Waals surface area contributed by atoms with Crippen molar-refractivity contribution < 1.29 is 9.59 Å². The summed E-state index contributed by atoms with van der Waals surface area (Å²) in [5.74, 6) is -0.493. The van der Waals surface area contributed by atoms with Crippen molar-refractivity contribution in [3.05, 3.63) is 107 Å². The number of rotatable bonds is 3. The summed E-state index contributed by atoms with van der Waals surface area (Å²) in [5, 5.41) is 5.43. The summed E-state index contributed by atoms with van der Waals surface area (Å²) in [5.41, 5.74) is 3.60. The van der Waals surface area contributed by atoms with Crippen LogP contribution in [0.4, 0.5) is 0 Å². The fraction of sp³-hybridized carbons (Fsp3) is 0. The molecule has 5 nitrogen and oxygen atoms in total. The van der Waals surface area contributed by atoms with Crippen LogP contribution >= 0.6 is 22.7 Å². The van der Waals surface area contributed by atoms with Crippen molar-refractivity contribution in [2.45, 2.75) is 0 Å². The lowest BCUT2D eigenvalue weighted by Gasteiger charge is -2.03. The number of allylic oxidation sites excluding steroid dienone is 1. The van der Waals surface area contributed by atoms with Crippen molar-refractivity contribution in [1.29, 1.82) is 0 Å². The normalized spacial score (nSPS) is 13.2. The molecule has 0 spiro atoms. The Labute approximate surface area is 207 Å². The van der Waals surface area contributed by atoms with Gasteiger partial charge >= 0.3 is 0 Å². The van der Waals surface area contributed by atoms with E-state index in [9.17, 15) is 9.59 Å². The van der Waals surface area contributed by atoms with Crippen LogP contribution in [0.1, 0.15) is 26.4 Å². The summed E-state index contributed by atoms with van der Waals surface area (Å²) in [6, 6.07) is 23.4. The van der Waals surface area contributed by atoms with E-state index in [4.69, 9.17) is 4.98 Å². The maximum atomic E-state index is 13.3. The van der Waals surface area contributed by atoms with Gasteiger partial charge in [0.2, 0.25) is 0 Å². The quantitative estimate of drug-likeness (QED) is 0.202. The van der Waals surface area contributed by atoms with Crippen LogP contribution in [-0.2, 0) is 0 Å². The fourth-order valence-corrected chi connectivity index (χ4v) is 6.19. The van der Waals surface area contributed by atoms with E-state index in [0.29, 0.717) is 16.8 Å². The van der Waals surface area contributed by atoms with E-state index in [1.807, 2.05) is 82.7 Å². The molecule has 0 N–H and O–H groups in total. The van der Waals surface area contributed by atoms with Crippen LogP contribution in [0.5, 0.6) is 0 Å². The lowest BCUT2D eigenvalue weighted by molar-refractivity contribution is 0.0990. The number of carbonyl (C=O) groups is 2. The summed E-state index contributed by atoms with van der Waals surface area (Å²) in [4.78, 5) is 36.0. The number of ketones is 2. The summed E-state index contributed by atoms with van der Waals surface area (Å²) in [6.07, 6.45) is 3.42. The number of aromatic nitrogens is 3. The second kappa shape index (κ2) is 7.66. The average Bonchev–Trinajstić information content (AvgIpc) is 3.66. The maximum absolute atomic E-state index is 13.3. The molecule has 0 amide bonds. The van der Waals surface area contributed by atoms with Crippen molar-refractivity contribution in [1.82, 2.24) is 14.5 Å². The topological polar surface area (TPSA) is 64.8 Å². The van der Waals surface area contributed by atoms with Gasteiger partial charge < -0.3 is 0 Å². The zero-order chi connectivity index (χ0) is 23.5. The molecule has 0 unspecified atom stereocenters. The molecule has 0 atom stereocenters. The standard InChI is InChI=1S/C28H15N3O2S2/c32-24-20-12-17-8-4-5-9-18(17)13-21(20)25(33)22(24)14-19-15-23-26(31(19)28-29-10-11-34-28)30-27(35-23)16-6-2-1-3-7-16/h1-15H. The largest absolute Gasteiger partial charge is 0.288 e. The van der Waals surface area contributed by atoms with Crippen molar-refractivity contribution >= 4 is 61.4 Å². The lowest BCUT2D eigenvalue weighted by atomic mass is 10.0. The molecule has 0 radical (unpaired) electrons. The molecule has 3 heterocycles. The first-order valence-electron chi connectivity index (χ1n) is 11.0. The molecule has 35 heavy (non-hydrogen) atoms. The first-order valence-corrected chi connectivity index (χ1v) is 12.7. The molecule has 7 rings (SSSR count). The van der Waals surface area contributed by atoms with Gasteiger partial charge in [0.1, 0.15) is 5.01 Å². The SMILES string of the molecule is O=C1C(=Cc2cc3sc(-c4ccccc4)nc3n2-c2nccs2)C(=O)c2cc3ccccc3cc21. The van der Waals surface area contributed by atoms with Crippen molar-refractivity contribution in [2.75, 3.05) is 0 Å². The van der Waals surface area contributed by atoms with Crippen LogP contribution in [0, 0.1) is 0 Å². The minimum absolute atomic E-state index is 0.168. The van der Waals surface area contributed by atoms with E-state index in [1.54, 1.807) is 23.6 Å². The predicted molar refractivity (Wildman–Crippen MR) is 141 cm³/mol. The molecule has 3 aromatic carbocycles. The van der Waals surface area contributed by atoms with Gasteiger partial charge in [-0.1, -0.05) is 54.6 Å². The lowest BCUT2D eigenvalue weighted by Crippen LogP contribution is -2.03. The third kappa shape index (κ3) is 3.13. The van der Waals surface area contributed by atoms with Crippen molar-refractivity contribution in [3.8, 4) is 15.7 Å². The molecule has 6 aromatic rings. The summed E-state index contributed by atoms with van der Waals surface area (Å²) in [7, 11) is 0. The van der Waals surface area contributed by atoms with Gasteiger partial charge in [0.05, 0.1) is 16.0 Å². The number of nitrogens with zero attached hydrogens (tertiary/aromatic N) is 3. The summed E-state index contributed by atoms with van der Waals surface area (Å²) < 4.78 is 2.89. The summed E-state index contributed by atoms with van der Waals surface area (Å²) >= 11 is 3.06. The number of carbonyl (C=O) groups excluding carboxylic acids is 2. The number of Topliss-reactive ketones (excluding diaryl/α,β-unsaturated/α-hetero) is 2. The van der Waals surface area contributed by atoms with E-state index in [1.165, 1.54) is 11.3 Å². The Morgan fingerprint density at radius 2 is 1.51 bits per heavy atom. The van der Waals surface area contributed by atoms with Gasteiger partial charge in [0.15, 0.2) is 22.3 Å². The van der Waals surface area contributed by atoms with Gasteiger partial charge in [-0.15, -0.1) is 22.7 Å². The highest BCUT2D eigenvalue weighted by atomic mass is 32.1. The highest BCUT2D eigenvalue weighted by Gasteiger charge is 2.34. The molecule has 0 saturated carbocycles. The Bertz CT molecular complexity index is 1770. The smallest absolute Gasteiger partial charge is 0.197 e. The zero-order valence-corrected chi connectivity index (χ0v) is 19.8. The van der Waals surface area contributed by atoms with E-state index in [-0.39, 0.29) is 17.1 Å². The van der Waals surface area contributed by atoms with Crippen molar-refractivity contribution in [3.63, 3.8) is 0 Å². The molecular formula is C28H15N3O2S2. The number of fused-ring (bicyclic) bond motifs is 3. The number of hydrogen-bond acceptors (Lipinski definition) is 6. The molecule has 1 aliphatic rings. The Balaban J connectivity index is 1.40.